The second-order valence-corrected chi connectivity index (χ2v) is 7.71. The standard InChI is InChI=1S/C21H30N2O2/c1-17-6-5-9-19(14-17)15-21(25)10-12-23(13-11-21)20(24)22-16-18-7-3-2-4-8-18/h2-3,5-6,9,14,18,25H,4,7-8,10-13,15-16H2,1H3,(H,22,24). The van der Waals surface area contributed by atoms with Crippen molar-refractivity contribution in [3.63, 3.8) is 0 Å². The molecule has 1 aromatic rings. The molecule has 1 atom stereocenters. The zero-order valence-electron chi connectivity index (χ0n) is 15.2. The minimum Gasteiger partial charge on any atom is -0.389 e. The van der Waals surface area contributed by atoms with Gasteiger partial charge >= 0.3 is 6.03 Å². The number of piperidine rings is 1. The number of amides is 2. The number of hydrogen-bond acceptors (Lipinski definition) is 2. The van der Waals surface area contributed by atoms with Crippen LogP contribution in [0.1, 0.15) is 43.2 Å². The smallest absolute Gasteiger partial charge is 0.317 e. The number of allylic oxidation sites excluding steroid dienone is 2. The molecule has 1 aliphatic heterocycles. The average molecular weight is 342 g/mol. The zero-order chi connectivity index (χ0) is 17.7. The Kier molecular flexibility index (Phi) is 5.79. The number of rotatable bonds is 4. The highest BCUT2D eigenvalue weighted by Gasteiger charge is 2.34. The quantitative estimate of drug-likeness (QED) is 0.824. The van der Waals surface area contributed by atoms with E-state index in [1.807, 2.05) is 11.0 Å². The Labute approximate surface area is 150 Å². The number of carbonyl (C=O) groups excluding carboxylic acids is 1. The van der Waals surface area contributed by atoms with Crippen molar-refractivity contribution in [3.05, 3.63) is 47.5 Å². The Hall–Kier alpha value is -1.81. The van der Waals surface area contributed by atoms with Crippen LogP contribution in [0.3, 0.4) is 0 Å². The number of aryl methyl sites for hydroxylation is 1. The SMILES string of the molecule is Cc1cccc(CC2(O)CCN(C(=O)NCC3CC=CCC3)CC2)c1. The van der Waals surface area contributed by atoms with Crippen LogP contribution in [0.4, 0.5) is 4.79 Å². The number of carbonyl (C=O) groups is 1. The Bertz CT molecular complexity index is 618. The van der Waals surface area contributed by atoms with Crippen LogP contribution in [0.15, 0.2) is 36.4 Å². The van der Waals surface area contributed by atoms with E-state index in [0.29, 0.717) is 38.3 Å². The fourth-order valence-corrected chi connectivity index (χ4v) is 3.89. The molecule has 4 heteroatoms. The molecular weight excluding hydrogens is 312 g/mol. The van der Waals surface area contributed by atoms with E-state index in [0.717, 1.165) is 25.8 Å². The lowest BCUT2D eigenvalue weighted by molar-refractivity contribution is -0.0116. The van der Waals surface area contributed by atoms with E-state index in [4.69, 9.17) is 0 Å². The molecular formula is C21H30N2O2. The summed E-state index contributed by atoms with van der Waals surface area (Å²) in [5, 5.41) is 14.0. The molecule has 1 unspecified atom stereocenters. The number of aliphatic hydroxyl groups is 1. The van der Waals surface area contributed by atoms with Gasteiger partial charge in [-0.25, -0.2) is 4.79 Å². The third-order valence-corrected chi connectivity index (χ3v) is 5.52. The second-order valence-electron chi connectivity index (χ2n) is 7.71. The summed E-state index contributed by atoms with van der Waals surface area (Å²) < 4.78 is 0. The number of nitrogens with one attached hydrogen (secondary N) is 1. The molecule has 3 rings (SSSR count). The van der Waals surface area contributed by atoms with Gasteiger partial charge in [-0.3, -0.25) is 0 Å². The van der Waals surface area contributed by atoms with Crippen molar-refractivity contribution in [2.75, 3.05) is 19.6 Å². The fraction of sp³-hybridized carbons (Fsp3) is 0.571. The van der Waals surface area contributed by atoms with Crippen molar-refractivity contribution < 1.29 is 9.90 Å². The van der Waals surface area contributed by atoms with Crippen molar-refractivity contribution in [3.8, 4) is 0 Å². The van der Waals surface area contributed by atoms with Gasteiger partial charge < -0.3 is 15.3 Å². The zero-order valence-corrected chi connectivity index (χ0v) is 15.2. The Balaban J connectivity index is 1.45. The first-order valence-electron chi connectivity index (χ1n) is 9.50. The third kappa shape index (κ3) is 5.08. The van der Waals surface area contributed by atoms with Crippen LogP contribution in [0.2, 0.25) is 0 Å². The van der Waals surface area contributed by atoms with Crippen molar-refractivity contribution >= 4 is 6.03 Å². The molecule has 1 aromatic carbocycles. The van der Waals surface area contributed by atoms with Crippen LogP contribution in [0, 0.1) is 12.8 Å². The summed E-state index contributed by atoms with van der Waals surface area (Å²) in [6.45, 7) is 4.08. The van der Waals surface area contributed by atoms with E-state index in [-0.39, 0.29) is 6.03 Å². The first kappa shape index (κ1) is 18.0. The maximum absolute atomic E-state index is 12.4. The lowest BCUT2D eigenvalue weighted by Crippen LogP contribution is -2.51. The first-order chi connectivity index (χ1) is 12.0. The summed E-state index contributed by atoms with van der Waals surface area (Å²) in [6, 6.07) is 8.34. The molecule has 2 aliphatic rings. The molecule has 4 nitrogen and oxygen atoms in total. The van der Waals surface area contributed by atoms with E-state index in [9.17, 15) is 9.90 Å². The summed E-state index contributed by atoms with van der Waals surface area (Å²) in [5.74, 6) is 0.567. The molecule has 1 saturated heterocycles. The molecule has 0 saturated carbocycles. The summed E-state index contributed by atoms with van der Waals surface area (Å²) in [5.41, 5.74) is 1.69. The van der Waals surface area contributed by atoms with Crippen molar-refractivity contribution in [2.45, 2.75) is 51.0 Å². The number of likely N-dealkylation sites (tertiary alicyclic amines) is 1. The highest BCUT2D eigenvalue weighted by Crippen LogP contribution is 2.27. The highest BCUT2D eigenvalue weighted by molar-refractivity contribution is 5.74. The van der Waals surface area contributed by atoms with E-state index in [1.54, 1.807) is 0 Å². The normalized spacial score (nSPS) is 22.6. The molecule has 2 N–H and O–H groups in total. The summed E-state index contributed by atoms with van der Waals surface area (Å²) in [7, 11) is 0. The number of benzene rings is 1. The van der Waals surface area contributed by atoms with Crippen LogP contribution in [-0.4, -0.2) is 41.3 Å². The monoisotopic (exact) mass is 342 g/mol. The van der Waals surface area contributed by atoms with Gasteiger partial charge in [0.25, 0.3) is 0 Å². The van der Waals surface area contributed by atoms with E-state index < -0.39 is 5.60 Å². The first-order valence-corrected chi connectivity index (χ1v) is 9.50. The van der Waals surface area contributed by atoms with E-state index >= 15 is 0 Å². The van der Waals surface area contributed by atoms with Gasteiger partial charge in [0.15, 0.2) is 0 Å². The average Bonchev–Trinajstić information content (AvgIpc) is 2.61. The van der Waals surface area contributed by atoms with Gasteiger partial charge in [-0.05, 0) is 50.5 Å². The van der Waals surface area contributed by atoms with Gasteiger partial charge in [-0.1, -0.05) is 42.0 Å². The number of urea groups is 1. The molecule has 136 valence electrons. The van der Waals surface area contributed by atoms with Crippen LogP contribution in [-0.2, 0) is 6.42 Å². The van der Waals surface area contributed by atoms with Crippen molar-refractivity contribution in [1.82, 2.24) is 10.2 Å². The molecule has 1 fully saturated rings. The predicted octanol–water partition coefficient (Wildman–Crippen LogP) is 3.43. The van der Waals surface area contributed by atoms with Crippen molar-refractivity contribution in [1.29, 1.82) is 0 Å². The molecule has 0 radical (unpaired) electrons. The fourth-order valence-electron chi connectivity index (χ4n) is 3.89. The molecule has 1 aliphatic carbocycles. The molecule has 1 heterocycles. The number of nitrogens with zero attached hydrogens (tertiary/aromatic N) is 1. The van der Waals surface area contributed by atoms with E-state index in [1.165, 1.54) is 11.1 Å². The Morgan fingerprint density at radius 3 is 2.80 bits per heavy atom. The topological polar surface area (TPSA) is 52.6 Å². The molecule has 25 heavy (non-hydrogen) atoms. The van der Waals surface area contributed by atoms with Crippen molar-refractivity contribution in [2.24, 2.45) is 5.92 Å². The third-order valence-electron chi connectivity index (χ3n) is 5.52. The maximum Gasteiger partial charge on any atom is 0.317 e. The predicted molar refractivity (Wildman–Crippen MR) is 101 cm³/mol. The minimum absolute atomic E-state index is 0.0205. The molecule has 0 aromatic heterocycles. The molecule has 0 bridgehead atoms. The van der Waals surface area contributed by atoms with Gasteiger partial charge in [0, 0.05) is 26.1 Å². The minimum atomic E-state index is -0.696. The van der Waals surface area contributed by atoms with Crippen LogP contribution < -0.4 is 5.32 Å². The second kappa shape index (κ2) is 8.05. The number of hydrogen-bond donors (Lipinski definition) is 2. The Morgan fingerprint density at radius 2 is 2.12 bits per heavy atom. The van der Waals surface area contributed by atoms with Crippen LogP contribution >= 0.6 is 0 Å². The van der Waals surface area contributed by atoms with Gasteiger partial charge in [-0.2, -0.15) is 0 Å². The largest absolute Gasteiger partial charge is 0.389 e. The highest BCUT2D eigenvalue weighted by atomic mass is 16.3. The van der Waals surface area contributed by atoms with Gasteiger partial charge in [0.1, 0.15) is 0 Å². The van der Waals surface area contributed by atoms with Gasteiger partial charge in [0.05, 0.1) is 5.60 Å². The lowest BCUT2D eigenvalue weighted by atomic mass is 9.85. The Morgan fingerprint density at radius 1 is 1.32 bits per heavy atom. The van der Waals surface area contributed by atoms with Crippen LogP contribution in [0.25, 0.3) is 0 Å². The summed E-state index contributed by atoms with van der Waals surface area (Å²) >= 11 is 0. The van der Waals surface area contributed by atoms with Crippen LogP contribution in [0.5, 0.6) is 0 Å². The summed E-state index contributed by atoms with van der Waals surface area (Å²) in [6.07, 6.45) is 9.73. The maximum atomic E-state index is 12.4. The summed E-state index contributed by atoms with van der Waals surface area (Å²) in [4.78, 5) is 14.2. The lowest BCUT2D eigenvalue weighted by Gasteiger charge is -2.38. The molecule has 0 spiro atoms. The van der Waals surface area contributed by atoms with E-state index in [2.05, 4.69) is 42.6 Å². The van der Waals surface area contributed by atoms with Gasteiger partial charge in [0.2, 0.25) is 0 Å². The molecule has 2 amide bonds. The van der Waals surface area contributed by atoms with Gasteiger partial charge in [-0.15, -0.1) is 0 Å².